The molecule has 0 rings (SSSR count). The summed E-state index contributed by atoms with van der Waals surface area (Å²) in [5.41, 5.74) is 0. The van der Waals surface area contributed by atoms with Crippen LogP contribution in [0.4, 0.5) is 13.2 Å². The first-order chi connectivity index (χ1) is 4.92. The van der Waals surface area contributed by atoms with Crippen LogP contribution in [0.5, 0.6) is 0 Å². The lowest BCUT2D eigenvalue weighted by atomic mass is 10.2. The molecule has 11 heavy (non-hydrogen) atoms. The molecule has 0 aromatic heterocycles. The summed E-state index contributed by atoms with van der Waals surface area (Å²) < 4.78 is 34.6. The Morgan fingerprint density at radius 1 is 1.27 bits per heavy atom. The summed E-state index contributed by atoms with van der Waals surface area (Å²) in [6.45, 7) is 4.60. The maximum atomic E-state index is 11.5. The van der Waals surface area contributed by atoms with Gasteiger partial charge in [0, 0.05) is 6.54 Å². The zero-order valence-corrected chi connectivity index (χ0v) is 6.83. The first kappa shape index (κ1) is 10.8. The zero-order valence-electron chi connectivity index (χ0n) is 6.83. The zero-order chi connectivity index (χ0) is 8.91. The lowest BCUT2D eigenvalue weighted by Crippen LogP contribution is -2.24. The Labute approximate surface area is 65.0 Å². The number of hydrogen-bond acceptors (Lipinski definition) is 1. The first-order valence-electron chi connectivity index (χ1n) is 3.69. The van der Waals surface area contributed by atoms with Crippen LogP contribution in [0, 0.1) is 5.92 Å². The van der Waals surface area contributed by atoms with E-state index in [1.165, 1.54) is 0 Å². The molecule has 0 aromatic carbocycles. The van der Waals surface area contributed by atoms with Crippen molar-refractivity contribution in [2.75, 3.05) is 13.1 Å². The van der Waals surface area contributed by atoms with E-state index in [0.29, 0.717) is 12.5 Å². The smallest absolute Gasteiger partial charge is 0.316 e. The third-order valence-corrected chi connectivity index (χ3v) is 1.14. The largest absolute Gasteiger partial charge is 0.390 e. The number of nitrogens with one attached hydrogen (secondary N) is 1. The summed E-state index contributed by atoms with van der Waals surface area (Å²) in [6, 6.07) is 0. The molecular formula is C7H14F3N. The molecule has 68 valence electrons. The lowest BCUT2D eigenvalue weighted by molar-refractivity contribution is -0.133. The second-order valence-electron chi connectivity index (χ2n) is 2.96. The predicted molar refractivity (Wildman–Crippen MR) is 38.4 cm³/mol. The number of halogens is 3. The summed E-state index contributed by atoms with van der Waals surface area (Å²) in [5.74, 6) is 0.406. The van der Waals surface area contributed by atoms with Crippen molar-refractivity contribution in [3.05, 3.63) is 0 Å². The number of hydrogen-bond donors (Lipinski definition) is 1. The fourth-order valence-electron chi connectivity index (χ4n) is 0.621. The van der Waals surface area contributed by atoms with E-state index in [4.69, 9.17) is 0 Å². The van der Waals surface area contributed by atoms with Gasteiger partial charge in [-0.15, -0.1) is 0 Å². The van der Waals surface area contributed by atoms with Gasteiger partial charge in [-0.1, -0.05) is 13.8 Å². The van der Waals surface area contributed by atoms with Gasteiger partial charge < -0.3 is 5.32 Å². The summed E-state index contributed by atoms with van der Waals surface area (Å²) in [7, 11) is 0. The topological polar surface area (TPSA) is 12.0 Å². The summed E-state index contributed by atoms with van der Waals surface area (Å²) in [5, 5.41) is 2.72. The molecule has 0 saturated carbocycles. The highest BCUT2D eigenvalue weighted by molar-refractivity contribution is 4.55. The molecule has 0 radical (unpaired) electrons. The van der Waals surface area contributed by atoms with Gasteiger partial charge in [0.05, 0.1) is 6.42 Å². The predicted octanol–water partition coefficient (Wildman–Crippen LogP) is 2.18. The standard InChI is InChI=1S/C7H14F3N/c1-6(2)5-11-4-3-7(8,9)10/h6,11H,3-5H2,1-2H3. The maximum Gasteiger partial charge on any atom is 0.390 e. The highest BCUT2D eigenvalue weighted by Gasteiger charge is 2.25. The van der Waals surface area contributed by atoms with E-state index < -0.39 is 12.6 Å². The van der Waals surface area contributed by atoms with Gasteiger partial charge in [-0.25, -0.2) is 0 Å². The average Bonchev–Trinajstić information content (AvgIpc) is 1.78. The van der Waals surface area contributed by atoms with Crippen molar-refractivity contribution >= 4 is 0 Å². The van der Waals surface area contributed by atoms with Gasteiger partial charge in [0.1, 0.15) is 0 Å². The highest BCUT2D eigenvalue weighted by atomic mass is 19.4. The van der Waals surface area contributed by atoms with Gasteiger partial charge in [-0.3, -0.25) is 0 Å². The van der Waals surface area contributed by atoms with Gasteiger partial charge in [-0.05, 0) is 12.5 Å². The van der Waals surface area contributed by atoms with Crippen molar-refractivity contribution in [1.29, 1.82) is 0 Å². The fourth-order valence-corrected chi connectivity index (χ4v) is 0.621. The minimum Gasteiger partial charge on any atom is -0.316 e. The van der Waals surface area contributed by atoms with E-state index in [2.05, 4.69) is 5.32 Å². The van der Waals surface area contributed by atoms with E-state index in [-0.39, 0.29) is 6.54 Å². The van der Waals surface area contributed by atoms with Crippen LogP contribution in [0.15, 0.2) is 0 Å². The Morgan fingerprint density at radius 3 is 2.18 bits per heavy atom. The van der Waals surface area contributed by atoms with Gasteiger partial charge in [0.25, 0.3) is 0 Å². The molecular weight excluding hydrogens is 155 g/mol. The first-order valence-corrected chi connectivity index (χ1v) is 3.69. The molecule has 0 spiro atoms. The molecule has 0 bridgehead atoms. The lowest BCUT2D eigenvalue weighted by Gasteiger charge is -2.08. The Balaban J connectivity index is 3.15. The third kappa shape index (κ3) is 9.75. The van der Waals surface area contributed by atoms with Crippen molar-refractivity contribution in [2.24, 2.45) is 5.92 Å². The minimum absolute atomic E-state index is 0.0294. The molecule has 0 fully saturated rings. The molecule has 1 N–H and O–H groups in total. The van der Waals surface area contributed by atoms with Crippen molar-refractivity contribution in [1.82, 2.24) is 5.32 Å². The van der Waals surface area contributed by atoms with E-state index >= 15 is 0 Å². The fraction of sp³-hybridized carbons (Fsp3) is 1.00. The molecule has 0 unspecified atom stereocenters. The summed E-state index contributed by atoms with van der Waals surface area (Å²) >= 11 is 0. The molecule has 0 heterocycles. The molecule has 0 saturated heterocycles. The van der Waals surface area contributed by atoms with Gasteiger partial charge in [0.15, 0.2) is 0 Å². The number of alkyl halides is 3. The molecule has 0 aliphatic heterocycles. The van der Waals surface area contributed by atoms with E-state index in [1.807, 2.05) is 13.8 Å². The molecule has 0 aliphatic rings. The second-order valence-corrected chi connectivity index (χ2v) is 2.96. The van der Waals surface area contributed by atoms with Gasteiger partial charge in [0.2, 0.25) is 0 Å². The van der Waals surface area contributed by atoms with E-state index in [0.717, 1.165) is 0 Å². The monoisotopic (exact) mass is 169 g/mol. The van der Waals surface area contributed by atoms with Crippen LogP contribution in [0.3, 0.4) is 0 Å². The molecule has 0 amide bonds. The van der Waals surface area contributed by atoms with E-state index in [1.54, 1.807) is 0 Å². The van der Waals surface area contributed by atoms with Gasteiger partial charge >= 0.3 is 6.18 Å². The SMILES string of the molecule is CC(C)CNCCC(F)(F)F. The van der Waals surface area contributed by atoms with Crippen molar-refractivity contribution in [3.63, 3.8) is 0 Å². The summed E-state index contributed by atoms with van der Waals surface area (Å²) in [6.07, 6.45) is -4.76. The van der Waals surface area contributed by atoms with E-state index in [9.17, 15) is 13.2 Å². The van der Waals surface area contributed by atoms with Crippen molar-refractivity contribution in [2.45, 2.75) is 26.4 Å². The van der Waals surface area contributed by atoms with Crippen molar-refractivity contribution in [3.8, 4) is 0 Å². The number of rotatable bonds is 4. The molecule has 0 atom stereocenters. The maximum absolute atomic E-state index is 11.5. The van der Waals surface area contributed by atoms with Crippen LogP contribution in [0.25, 0.3) is 0 Å². The van der Waals surface area contributed by atoms with Crippen LogP contribution in [0.2, 0.25) is 0 Å². The second kappa shape index (κ2) is 4.59. The average molecular weight is 169 g/mol. The third-order valence-electron chi connectivity index (χ3n) is 1.14. The van der Waals surface area contributed by atoms with Crippen LogP contribution < -0.4 is 5.32 Å². The quantitative estimate of drug-likeness (QED) is 0.636. The Kier molecular flexibility index (Phi) is 4.49. The van der Waals surface area contributed by atoms with Crippen LogP contribution >= 0.6 is 0 Å². The van der Waals surface area contributed by atoms with Gasteiger partial charge in [-0.2, -0.15) is 13.2 Å². The Morgan fingerprint density at radius 2 is 1.82 bits per heavy atom. The molecule has 1 nitrogen and oxygen atoms in total. The molecule has 0 aliphatic carbocycles. The Hall–Kier alpha value is -0.250. The van der Waals surface area contributed by atoms with Crippen LogP contribution in [-0.2, 0) is 0 Å². The normalized spacial score (nSPS) is 12.5. The van der Waals surface area contributed by atoms with Crippen molar-refractivity contribution < 1.29 is 13.2 Å². The summed E-state index contributed by atoms with van der Waals surface area (Å²) in [4.78, 5) is 0. The molecule has 0 aromatic rings. The van der Waals surface area contributed by atoms with Crippen LogP contribution in [0.1, 0.15) is 20.3 Å². The molecule has 4 heteroatoms. The Bertz CT molecular complexity index is 98.3. The highest BCUT2D eigenvalue weighted by Crippen LogP contribution is 2.17. The minimum atomic E-state index is -4.02. The van der Waals surface area contributed by atoms with Crippen LogP contribution in [-0.4, -0.2) is 19.3 Å².